The Morgan fingerprint density at radius 1 is 1.07 bits per heavy atom. The molecule has 0 heterocycles. The van der Waals surface area contributed by atoms with E-state index < -0.39 is 23.0 Å². The predicted molar refractivity (Wildman–Crippen MR) is 43.8 cm³/mol. The van der Waals surface area contributed by atoms with E-state index in [0.717, 1.165) is 7.11 Å². The molecule has 15 heavy (non-hydrogen) atoms. The largest absolute Gasteiger partial charge is 0.473 e. The van der Waals surface area contributed by atoms with Gasteiger partial charge in [-0.3, -0.25) is 0 Å². The van der Waals surface area contributed by atoms with Crippen molar-refractivity contribution in [3.63, 3.8) is 0 Å². The SMILES string of the molecule is COC(F)=C(Cl)C(OC)(OC)C(F)(F)F. The summed E-state index contributed by atoms with van der Waals surface area (Å²) in [6.07, 6.45) is -5.04. The minimum absolute atomic E-state index is 0.683. The Kier molecular flexibility index (Phi) is 4.82. The van der Waals surface area contributed by atoms with Crippen LogP contribution in [0.25, 0.3) is 0 Å². The van der Waals surface area contributed by atoms with Crippen LogP contribution in [-0.4, -0.2) is 33.3 Å². The van der Waals surface area contributed by atoms with Gasteiger partial charge in [0.25, 0.3) is 6.01 Å². The Morgan fingerprint density at radius 3 is 1.67 bits per heavy atom. The number of halogens is 5. The summed E-state index contributed by atoms with van der Waals surface area (Å²) in [7, 11) is 2.19. The molecule has 0 aromatic heterocycles. The summed E-state index contributed by atoms with van der Waals surface area (Å²) in [4.78, 5) is 0. The summed E-state index contributed by atoms with van der Waals surface area (Å²) in [5.74, 6) is -3.35. The molecule has 0 bridgehead atoms. The van der Waals surface area contributed by atoms with Crippen LogP contribution in [0.15, 0.2) is 11.0 Å². The third-order valence-corrected chi connectivity index (χ3v) is 1.99. The summed E-state index contributed by atoms with van der Waals surface area (Å²) in [5.41, 5.74) is 0. The summed E-state index contributed by atoms with van der Waals surface area (Å²) in [5, 5.41) is -1.36. The molecule has 3 nitrogen and oxygen atoms in total. The molecular weight excluding hydrogens is 244 g/mol. The van der Waals surface area contributed by atoms with Crippen LogP contribution in [-0.2, 0) is 14.2 Å². The van der Waals surface area contributed by atoms with Gasteiger partial charge in [-0.2, -0.15) is 17.6 Å². The highest BCUT2D eigenvalue weighted by Crippen LogP contribution is 2.42. The molecule has 0 aromatic rings. The third-order valence-electron chi connectivity index (χ3n) is 1.59. The molecule has 0 unspecified atom stereocenters. The first-order chi connectivity index (χ1) is 6.76. The van der Waals surface area contributed by atoms with Crippen LogP contribution in [0.5, 0.6) is 0 Å². The zero-order valence-corrected chi connectivity index (χ0v) is 8.87. The fourth-order valence-corrected chi connectivity index (χ4v) is 1.18. The fourth-order valence-electron chi connectivity index (χ4n) is 0.837. The van der Waals surface area contributed by atoms with Gasteiger partial charge < -0.3 is 14.2 Å². The highest BCUT2D eigenvalue weighted by atomic mass is 35.5. The van der Waals surface area contributed by atoms with Crippen LogP contribution >= 0.6 is 11.6 Å². The average molecular weight is 253 g/mol. The number of hydrogen-bond donors (Lipinski definition) is 0. The maximum Gasteiger partial charge on any atom is 0.449 e. The summed E-state index contributed by atoms with van der Waals surface area (Å²) in [6.45, 7) is 0. The molecule has 0 aliphatic carbocycles. The highest BCUT2D eigenvalue weighted by molar-refractivity contribution is 6.30. The van der Waals surface area contributed by atoms with E-state index in [-0.39, 0.29) is 0 Å². The monoisotopic (exact) mass is 252 g/mol. The first-order valence-electron chi connectivity index (χ1n) is 3.53. The molecular formula is C7H9ClF4O3. The fraction of sp³-hybridized carbons (Fsp3) is 0.714. The Hall–Kier alpha value is -0.530. The van der Waals surface area contributed by atoms with Gasteiger partial charge in [0.1, 0.15) is 0 Å². The van der Waals surface area contributed by atoms with E-state index in [2.05, 4.69) is 14.2 Å². The summed E-state index contributed by atoms with van der Waals surface area (Å²) in [6, 6.07) is -1.63. The lowest BCUT2D eigenvalue weighted by molar-refractivity contribution is -0.345. The van der Waals surface area contributed by atoms with Gasteiger partial charge in [0.15, 0.2) is 5.03 Å². The van der Waals surface area contributed by atoms with Gasteiger partial charge in [0.05, 0.1) is 7.11 Å². The minimum Gasteiger partial charge on any atom is -0.473 e. The number of alkyl halides is 3. The first kappa shape index (κ1) is 14.5. The van der Waals surface area contributed by atoms with Gasteiger partial charge in [-0.05, 0) is 0 Å². The van der Waals surface area contributed by atoms with E-state index in [0.29, 0.717) is 14.2 Å². The van der Waals surface area contributed by atoms with Gasteiger partial charge >= 0.3 is 12.0 Å². The van der Waals surface area contributed by atoms with E-state index >= 15 is 0 Å². The van der Waals surface area contributed by atoms with Crippen molar-refractivity contribution in [3.8, 4) is 0 Å². The molecule has 0 amide bonds. The molecule has 0 N–H and O–H groups in total. The van der Waals surface area contributed by atoms with E-state index in [1.807, 2.05) is 0 Å². The number of ether oxygens (including phenoxy) is 3. The lowest BCUT2D eigenvalue weighted by Crippen LogP contribution is -2.49. The zero-order chi connectivity index (χ0) is 12.3. The topological polar surface area (TPSA) is 27.7 Å². The van der Waals surface area contributed by atoms with Crippen molar-refractivity contribution in [1.29, 1.82) is 0 Å². The van der Waals surface area contributed by atoms with Crippen molar-refractivity contribution in [3.05, 3.63) is 11.0 Å². The second kappa shape index (κ2) is 5.00. The van der Waals surface area contributed by atoms with Crippen molar-refractivity contribution >= 4 is 11.6 Å². The lowest BCUT2D eigenvalue weighted by Gasteiger charge is -2.31. The summed E-state index contributed by atoms with van der Waals surface area (Å²) < 4.78 is 62.5. The quantitative estimate of drug-likeness (QED) is 0.437. The Labute approximate surface area is 88.5 Å². The second-order valence-electron chi connectivity index (χ2n) is 2.31. The van der Waals surface area contributed by atoms with Crippen LogP contribution in [0, 0.1) is 0 Å². The predicted octanol–water partition coefficient (Wildman–Crippen LogP) is 2.56. The minimum atomic E-state index is -5.04. The van der Waals surface area contributed by atoms with E-state index in [1.54, 1.807) is 0 Å². The molecule has 0 aromatic carbocycles. The van der Waals surface area contributed by atoms with Crippen molar-refractivity contribution in [2.24, 2.45) is 0 Å². The van der Waals surface area contributed by atoms with Crippen LogP contribution < -0.4 is 0 Å². The summed E-state index contributed by atoms with van der Waals surface area (Å²) >= 11 is 5.15. The van der Waals surface area contributed by atoms with Crippen molar-refractivity contribution < 1.29 is 31.8 Å². The van der Waals surface area contributed by atoms with E-state index in [9.17, 15) is 17.6 Å². The van der Waals surface area contributed by atoms with Gasteiger partial charge in [-0.15, -0.1) is 0 Å². The number of hydrogen-bond acceptors (Lipinski definition) is 3. The molecule has 0 saturated carbocycles. The molecule has 0 atom stereocenters. The molecule has 0 radical (unpaired) electrons. The molecule has 0 saturated heterocycles. The number of methoxy groups -OCH3 is 3. The first-order valence-corrected chi connectivity index (χ1v) is 3.91. The standard InChI is InChI=1S/C7H9ClF4O3/c1-13-5(9)4(8)6(14-2,15-3)7(10,11)12/h1-3H3. The van der Waals surface area contributed by atoms with Crippen molar-refractivity contribution in [1.82, 2.24) is 0 Å². The zero-order valence-electron chi connectivity index (χ0n) is 8.11. The van der Waals surface area contributed by atoms with Crippen molar-refractivity contribution in [2.75, 3.05) is 21.3 Å². The second-order valence-corrected chi connectivity index (χ2v) is 2.69. The van der Waals surface area contributed by atoms with E-state index in [1.165, 1.54) is 0 Å². The molecule has 0 spiro atoms. The highest BCUT2D eigenvalue weighted by Gasteiger charge is 2.61. The van der Waals surface area contributed by atoms with Crippen LogP contribution in [0.4, 0.5) is 17.6 Å². The molecule has 8 heteroatoms. The maximum atomic E-state index is 12.8. The molecule has 0 fully saturated rings. The Bertz CT molecular complexity index is 247. The third kappa shape index (κ3) is 2.53. The van der Waals surface area contributed by atoms with E-state index in [4.69, 9.17) is 11.6 Å². The van der Waals surface area contributed by atoms with Gasteiger partial charge in [-0.1, -0.05) is 11.6 Å². The molecule has 0 aliphatic heterocycles. The van der Waals surface area contributed by atoms with Gasteiger partial charge in [-0.25, -0.2) is 0 Å². The molecule has 0 rings (SSSR count). The number of rotatable bonds is 4. The Morgan fingerprint density at radius 2 is 1.47 bits per heavy atom. The van der Waals surface area contributed by atoms with Crippen LogP contribution in [0.2, 0.25) is 0 Å². The smallest absolute Gasteiger partial charge is 0.449 e. The average Bonchev–Trinajstić information content (AvgIpc) is 2.16. The lowest BCUT2D eigenvalue weighted by atomic mass is 10.2. The van der Waals surface area contributed by atoms with Gasteiger partial charge in [0, 0.05) is 14.2 Å². The molecule has 0 aliphatic rings. The van der Waals surface area contributed by atoms with Crippen molar-refractivity contribution in [2.45, 2.75) is 12.0 Å². The van der Waals surface area contributed by atoms with Crippen LogP contribution in [0.1, 0.15) is 0 Å². The normalized spacial score (nSPS) is 14.9. The Balaban J connectivity index is 5.50. The van der Waals surface area contributed by atoms with Crippen LogP contribution in [0.3, 0.4) is 0 Å². The molecule has 90 valence electrons. The van der Waals surface area contributed by atoms with Gasteiger partial charge in [0.2, 0.25) is 0 Å². The maximum absolute atomic E-state index is 12.8.